The molecule has 6 nitrogen and oxygen atoms in total. The molecule has 1 aliphatic heterocycles. The maximum absolute atomic E-state index is 12.7. The number of nitrogens with zero attached hydrogens (tertiary/aromatic N) is 1. The van der Waals surface area contributed by atoms with Crippen LogP contribution in [0.1, 0.15) is 22.0 Å². The number of hydrogen-bond donors (Lipinski definition) is 3. The van der Waals surface area contributed by atoms with Gasteiger partial charge in [-0.3, -0.25) is 9.59 Å². The highest BCUT2D eigenvalue weighted by Crippen LogP contribution is 2.30. The van der Waals surface area contributed by atoms with Gasteiger partial charge >= 0.3 is 0 Å². The zero-order valence-corrected chi connectivity index (χ0v) is 15.3. The average Bonchev–Trinajstić information content (AvgIpc) is 2.70. The number of nitrogens with one attached hydrogen (secondary N) is 2. The van der Waals surface area contributed by atoms with Gasteiger partial charge in [-0.15, -0.1) is 0 Å². The summed E-state index contributed by atoms with van der Waals surface area (Å²) in [6.07, 6.45) is 1.52. The van der Waals surface area contributed by atoms with Crippen molar-refractivity contribution in [2.24, 2.45) is 5.73 Å². The van der Waals surface area contributed by atoms with Crippen LogP contribution in [0.5, 0.6) is 0 Å². The molecule has 0 bridgehead atoms. The lowest BCUT2D eigenvalue weighted by atomic mass is 10.0. The van der Waals surface area contributed by atoms with Gasteiger partial charge in [-0.2, -0.15) is 0 Å². The molecule has 136 valence electrons. The van der Waals surface area contributed by atoms with E-state index in [1.54, 1.807) is 6.07 Å². The van der Waals surface area contributed by atoms with E-state index in [2.05, 4.69) is 15.6 Å². The van der Waals surface area contributed by atoms with E-state index in [1.807, 2.05) is 42.5 Å². The van der Waals surface area contributed by atoms with Crippen LogP contribution in [-0.4, -0.2) is 29.1 Å². The van der Waals surface area contributed by atoms with Gasteiger partial charge in [-0.05, 0) is 28.5 Å². The van der Waals surface area contributed by atoms with E-state index in [1.165, 1.54) is 18.0 Å². The molecule has 0 aliphatic carbocycles. The van der Waals surface area contributed by atoms with Crippen LogP contribution in [0.25, 0.3) is 10.8 Å². The van der Waals surface area contributed by atoms with Crippen molar-refractivity contribution in [3.05, 3.63) is 65.9 Å². The first-order valence-electron chi connectivity index (χ1n) is 8.56. The Bertz CT molecular complexity index is 1040. The van der Waals surface area contributed by atoms with Gasteiger partial charge in [0.2, 0.25) is 5.91 Å². The van der Waals surface area contributed by atoms with E-state index in [0.717, 1.165) is 21.4 Å². The summed E-state index contributed by atoms with van der Waals surface area (Å²) in [5.74, 6) is -0.0375. The van der Waals surface area contributed by atoms with E-state index < -0.39 is 0 Å². The zero-order valence-electron chi connectivity index (χ0n) is 14.4. The Morgan fingerprint density at radius 1 is 1.22 bits per heavy atom. The molecular weight excluding hydrogens is 360 g/mol. The molecule has 1 unspecified atom stereocenters. The highest BCUT2D eigenvalue weighted by atomic mass is 32.2. The van der Waals surface area contributed by atoms with Crippen LogP contribution in [0, 0.1) is 0 Å². The highest BCUT2D eigenvalue weighted by Gasteiger charge is 2.20. The molecule has 0 spiro atoms. The predicted molar refractivity (Wildman–Crippen MR) is 107 cm³/mol. The molecule has 2 heterocycles. The fraction of sp³-hybridized carbons (Fsp3) is 0.150. The van der Waals surface area contributed by atoms with E-state index in [4.69, 9.17) is 5.73 Å². The minimum Gasteiger partial charge on any atom is -0.344 e. The van der Waals surface area contributed by atoms with Crippen molar-refractivity contribution in [1.29, 1.82) is 0 Å². The van der Waals surface area contributed by atoms with Gasteiger partial charge in [0, 0.05) is 12.7 Å². The number of pyridine rings is 1. The molecule has 27 heavy (non-hydrogen) atoms. The van der Waals surface area contributed by atoms with Crippen LogP contribution < -0.4 is 16.4 Å². The van der Waals surface area contributed by atoms with Crippen LogP contribution in [0.4, 0.5) is 5.69 Å². The summed E-state index contributed by atoms with van der Waals surface area (Å²) in [4.78, 5) is 28.5. The molecule has 1 aliphatic rings. The fourth-order valence-corrected chi connectivity index (χ4v) is 3.78. The lowest BCUT2D eigenvalue weighted by Gasteiger charge is -2.19. The molecular formula is C20H18N4O2S. The van der Waals surface area contributed by atoms with Crippen LogP contribution in [0.15, 0.2) is 59.8 Å². The molecule has 4 rings (SSSR count). The molecule has 0 radical (unpaired) electrons. The standard InChI is InChI=1S/C20H18N4O2S/c21-9-17(14-6-5-12-3-1-2-4-13(12)7-14)24-19(26)15-8-16-20(22-10-15)27-11-18(25)23-16/h1-8,10,17H,9,11,21H2,(H,23,25)(H,24,26). The average molecular weight is 378 g/mol. The summed E-state index contributed by atoms with van der Waals surface area (Å²) in [6.45, 7) is 0.273. The summed E-state index contributed by atoms with van der Waals surface area (Å²) in [6, 6.07) is 15.4. The topological polar surface area (TPSA) is 97.1 Å². The van der Waals surface area contributed by atoms with Crippen molar-refractivity contribution in [2.45, 2.75) is 11.1 Å². The molecule has 3 aromatic rings. The molecule has 0 saturated carbocycles. The minimum atomic E-state index is -0.317. The monoisotopic (exact) mass is 378 g/mol. The molecule has 4 N–H and O–H groups in total. The van der Waals surface area contributed by atoms with Crippen molar-refractivity contribution in [1.82, 2.24) is 10.3 Å². The lowest BCUT2D eigenvalue weighted by molar-refractivity contribution is -0.113. The minimum absolute atomic E-state index is 0.0946. The van der Waals surface area contributed by atoms with Gasteiger partial charge in [-0.25, -0.2) is 4.98 Å². The molecule has 2 aromatic carbocycles. The zero-order chi connectivity index (χ0) is 18.8. The van der Waals surface area contributed by atoms with Crippen molar-refractivity contribution in [3.8, 4) is 0 Å². The molecule has 2 amide bonds. The summed E-state index contributed by atoms with van der Waals surface area (Å²) in [5, 5.41) is 8.65. The Kier molecular flexibility index (Phi) is 4.79. The third-order valence-corrected chi connectivity index (χ3v) is 5.45. The Morgan fingerprint density at radius 2 is 2.04 bits per heavy atom. The molecule has 0 saturated heterocycles. The van der Waals surface area contributed by atoms with Crippen LogP contribution >= 0.6 is 11.8 Å². The number of aromatic nitrogens is 1. The van der Waals surface area contributed by atoms with E-state index in [9.17, 15) is 9.59 Å². The molecule has 0 fully saturated rings. The van der Waals surface area contributed by atoms with Gasteiger partial charge in [-0.1, -0.05) is 48.2 Å². The Hall–Kier alpha value is -2.90. The number of anilines is 1. The summed E-state index contributed by atoms with van der Waals surface area (Å²) in [7, 11) is 0. The van der Waals surface area contributed by atoms with Crippen LogP contribution in [0.3, 0.4) is 0 Å². The maximum atomic E-state index is 12.7. The first-order valence-corrected chi connectivity index (χ1v) is 9.55. The number of carbonyl (C=O) groups is 2. The quantitative estimate of drug-likeness (QED) is 0.649. The second-order valence-corrected chi connectivity index (χ2v) is 7.25. The van der Waals surface area contributed by atoms with Gasteiger partial charge in [0.1, 0.15) is 5.03 Å². The number of nitrogens with two attached hydrogens (primary N) is 1. The smallest absolute Gasteiger partial charge is 0.253 e. The number of fused-ring (bicyclic) bond motifs is 2. The van der Waals surface area contributed by atoms with Crippen LogP contribution in [-0.2, 0) is 4.79 Å². The van der Waals surface area contributed by atoms with Gasteiger partial charge in [0.05, 0.1) is 23.0 Å². The summed E-state index contributed by atoms with van der Waals surface area (Å²) in [5.41, 5.74) is 7.81. The molecule has 1 aromatic heterocycles. The number of carbonyl (C=O) groups excluding carboxylic acids is 2. The van der Waals surface area contributed by atoms with Crippen molar-refractivity contribution in [2.75, 3.05) is 17.6 Å². The Labute approximate surface area is 160 Å². The normalized spacial score (nSPS) is 14.3. The predicted octanol–water partition coefficient (Wildman–Crippen LogP) is 2.71. The number of rotatable bonds is 4. The Balaban J connectivity index is 1.56. The van der Waals surface area contributed by atoms with Crippen molar-refractivity contribution < 1.29 is 9.59 Å². The molecule has 7 heteroatoms. The number of amides is 2. The third-order valence-electron chi connectivity index (χ3n) is 4.44. The first-order chi connectivity index (χ1) is 13.1. The largest absolute Gasteiger partial charge is 0.344 e. The van der Waals surface area contributed by atoms with Gasteiger partial charge < -0.3 is 16.4 Å². The van der Waals surface area contributed by atoms with E-state index >= 15 is 0 Å². The number of hydrogen-bond acceptors (Lipinski definition) is 5. The van der Waals surface area contributed by atoms with Crippen LogP contribution in [0.2, 0.25) is 0 Å². The van der Waals surface area contributed by atoms with Gasteiger partial charge in [0.15, 0.2) is 0 Å². The number of thioether (sulfide) groups is 1. The van der Waals surface area contributed by atoms with Gasteiger partial charge in [0.25, 0.3) is 5.91 Å². The summed E-state index contributed by atoms with van der Waals surface area (Å²) >= 11 is 1.36. The van der Waals surface area contributed by atoms with E-state index in [-0.39, 0.29) is 24.4 Å². The fourth-order valence-electron chi connectivity index (χ4n) is 3.05. The highest BCUT2D eigenvalue weighted by molar-refractivity contribution is 8.00. The summed E-state index contributed by atoms with van der Waals surface area (Å²) < 4.78 is 0. The van der Waals surface area contributed by atoms with Crippen molar-refractivity contribution in [3.63, 3.8) is 0 Å². The second kappa shape index (κ2) is 7.38. The third kappa shape index (κ3) is 3.65. The first kappa shape index (κ1) is 17.5. The Morgan fingerprint density at radius 3 is 2.85 bits per heavy atom. The van der Waals surface area contributed by atoms with Crippen molar-refractivity contribution >= 4 is 40.0 Å². The second-order valence-electron chi connectivity index (χ2n) is 6.28. The number of benzene rings is 2. The SMILES string of the molecule is NCC(NC(=O)c1cnc2c(c1)NC(=O)CS2)c1ccc2ccccc2c1. The molecule has 1 atom stereocenters. The lowest BCUT2D eigenvalue weighted by Crippen LogP contribution is -2.33. The van der Waals surface area contributed by atoms with E-state index in [0.29, 0.717) is 17.0 Å². The maximum Gasteiger partial charge on any atom is 0.253 e.